The first-order valence-electron chi connectivity index (χ1n) is 11.0. The zero-order valence-corrected chi connectivity index (χ0v) is 18.8. The number of anilines is 1. The number of aromatic nitrogens is 1. The molecule has 31 heavy (non-hydrogen) atoms. The normalized spacial score (nSPS) is 18.1. The quantitative estimate of drug-likeness (QED) is 0.749. The largest absolute Gasteiger partial charge is 0.459 e. The van der Waals surface area contributed by atoms with Crippen LogP contribution in [0.1, 0.15) is 60.8 Å². The lowest BCUT2D eigenvalue weighted by molar-refractivity contribution is -0.0423. The first-order chi connectivity index (χ1) is 14.8. The highest BCUT2D eigenvalue weighted by atomic mass is 16.5. The second kappa shape index (κ2) is 8.35. The van der Waals surface area contributed by atoms with Crippen molar-refractivity contribution in [3.63, 3.8) is 0 Å². The summed E-state index contributed by atoms with van der Waals surface area (Å²) in [5.41, 5.74) is 4.50. The molecule has 2 aliphatic rings. The minimum atomic E-state index is -0.250. The van der Waals surface area contributed by atoms with Gasteiger partial charge in [0.05, 0.1) is 29.9 Å². The van der Waals surface area contributed by atoms with Crippen LogP contribution in [-0.4, -0.2) is 47.6 Å². The van der Waals surface area contributed by atoms with E-state index in [0.29, 0.717) is 50.2 Å². The van der Waals surface area contributed by atoms with E-state index >= 15 is 0 Å². The number of amides is 1. The SMILES string of the molecule is CC(C)Cc1c2c(nc(C#N)c1N1CCN(C(=O)c3ccco3)CC1)COC(C)(C)C2. The highest BCUT2D eigenvalue weighted by Gasteiger charge is 2.34. The molecule has 1 fully saturated rings. The Morgan fingerprint density at radius 1 is 1.29 bits per heavy atom. The molecule has 0 bridgehead atoms. The Morgan fingerprint density at radius 2 is 2.03 bits per heavy atom. The molecule has 7 nitrogen and oxygen atoms in total. The molecular formula is C24H30N4O3. The van der Waals surface area contributed by atoms with Crippen LogP contribution < -0.4 is 4.90 Å². The van der Waals surface area contributed by atoms with Gasteiger partial charge in [-0.15, -0.1) is 0 Å². The maximum atomic E-state index is 12.6. The Morgan fingerprint density at radius 3 is 2.65 bits per heavy atom. The second-order valence-corrected chi connectivity index (χ2v) is 9.40. The van der Waals surface area contributed by atoms with E-state index < -0.39 is 0 Å². The lowest BCUT2D eigenvalue weighted by atomic mass is 9.86. The van der Waals surface area contributed by atoms with Gasteiger partial charge in [0, 0.05) is 32.6 Å². The third-order valence-electron chi connectivity index (χ3n) is 6.01. The molecule has 2 aromatic rings. The Labute approximate surface area is 183 Å². The molecule has 2 aromatic heterocycles. The van der Waals surface area contributed by atoms with Gasteiger partial charge in [0.25, 0.3) is 5.91 Å². The van der Waals surface area contributed by atoms with Gasteiger partial charge in [-0.3, -0.25) is 4.79 Å². The van der Waals surface area contributed by atoms with Gasteiger partial charge in [-0.1, -0.05) is 13.8 Å². The first-order valence-corrected chi connectivity index (χ1v) is 11.0. The summed E-state index contributed by atoms with van der Waals surface area (Å²) in [6.07, 6.45) is 3.19. The number of carbonyl (C=O) groups is 1. The standard InChI is InChI=1S/C24H30N4O3/c1-16(2)12-17-18-13-24(3,4)31-15-20(18)26-19(14-25)22(17)27-7-9-28(10-8-27)23(29)21-6-5-11-30-21/h5-6,11,16H,7-10,12-13,15H2,1-4H3. The molecule has 4 heterocycles. The van der Waals surface area contributed by atoms with Gasteiger partial charge in [-0.2, -0.15) is 5.26 Å². The maximum Gasteiger partial charge on any atom is 0.289 e. The van der Waals surface area contributed by atoms with Crippen LogP contribution in [0.15, 0.2) is 22.8 Å². The number of hydrogen-bond acceptors (Lipinski definition) is 6. The fourth-order valence-electron chi connectivity index (χ4n) is 4.52. The van der Waals surface area contributed by atoms with Crippen LogP contribution in [0, 0.1) is 17.2 Å². The summed E-state index contributed by atoms with van der Waals surface area (Å²) in [5, 5.41) is 9.92. The van der Waals surface area contributed by atoms with Crippen molar-refractivity contribution >= 4 is 11.6 Å². The summed E-state index contributed by atoms with van der Waals surface area (Å²) in [6, 6.07) is 5.75. The fourth-order valence-corrected chi connectivity index (χ4v) is 4.52. The van der Waals surface area contributed by atoms with Crippen molar-refractivity contribution < 1.29 is 13.9 Å². The van der Waals surface area contributed by atoms with Crippen LogP contribution >= 0.6 is 0 Å². The third kappa shape index (κ3) is 4.31. The van der Waals surface area contributed by atoms with Crippen molar-refractivity contribution in [2.24, 2.45) is 5.92 Å². The Bertz CT molecular complexity index is 997. The van der Waals surface area contributed by atoms with Gasteiger partial charge >= 0.3 is 0 Å². The smallest absolute Gasteiger partial charge is 0.289 e. The summed E-state index contributed by atoms with van der Waals surface area (Å²) >= 11 is 0. The van der Waals surface area contributed by atoms with E-state index in [-0.39, 0.29) is 11.5 Å². The van der Waals surface area contributed by atoms with Gasteiger partial charge in [0.2, 0.25) is 0 Å². The molecule has 0 radical (unpaired) electrons. The number of ether oxygens (including phenoxy) is 1. The van der Waals surface area contributed by atoms with Gasteiger partial charge in [0.1, 0.15) is 6.07 Å². The van der Waals surface area contributed by atoms with Crippen LogP contribution in [-0.2, 0) is 24.2 Å². The summed E-state index contributed by atoms with van der Waals surface area (Å²) < 4.78 is 11.2. The molecule has 164 valence electrons. The number of pyridine rings is 1. The lowest BCUT2D eigenvalue weighted by Gasteiger charge is -2.39. The molecule has 2 aliphatic heterocycles. The monoisotopic (exact) mass is 422 g/mol. The number of hydrogen-bond donors (Lipinski definition) is 0. The van der Waals surface area contributed by atoms with E-state index in [1.165, 1.54) is 17.4 Å². The van der Waals surface area contributed by atoms with E-state index in [4.69, 9.17) is 14.1 Å². The average molecular weight is 423 g/mol. The van der Waals surface area contributed by atoms with Crippen molar-refractivity contribution in [3.05, 3.63) is 46.7 Å². The molecule has 0 spiro atoms. The Balaban J connectivity index is 1.66. The molecule has 0 aromatic carbocycles. The number of nitriles is 1. The average Bonchev–Trinajstić information content (AvgIpc) is 3.27. The van der Waals surface area contributed by atoms with Gasteiger partial charge in [-0.05, 0) is 49.4 Å². The van der Waals surface area contributed by atoms with E-state index in [1.807, 2.05) is 4.90 Å². The van der Waals surface area contributed by atoms with Crippen LogP contribution in [0.25, 0.3) is 0 Å². The van der Waals surface area contributed by atoms with Gasteiger partial charge < -0.3 is 19.0 Å². The van der Waals surface area contributed by atoms with E-state index in [0.717, 1.165) is 24.2 Å². The summed E-state index contributed by atoms with van der Waals surface area (Å²) in [6.45, 7) is 11.5. The van der Waals surface area contributed by atoms with E-state index in [9.17, 15) is 10.1 Å². The van der Waals surface area contributed by atoms with Gasteiger partial charge in [-0.25, -0.2) is 4.98 Å². The topological polar surface area (TPSA) is 82.6 Å². The summed E-state index contributed by atoms with van der Waals surface area (Å²) in [4.78, 5) is 21.4. The van der Waals surface area contributed by atoms with E-state index in [1.54, 1.807) is 12.1 Å². The molecule has 7 heteroatoms. The third-order valence-corrected chi connectivity index (χ3v) is 6.01. The number of rotatable bonds is 4. The van der Waals surface area contributed by atoms with Crippen molar-refractivity contribution in [1.29, 1.82) is 5.26 Å². The second-order valence-electron chi connectivity index (χ2n) is 9.40. The highest BCUT2D eigenvalue weighted by molar-refractivity contribution is 5.91. The van der Waals surface area contributed by atoms with E-state index in [2.05, 4.69) is 38.7 Å². The minimum Gasteiger partial charge on any atom is -0.459 e. The predicted octanol–water partition coefficient (Wildman–Crippen LogP) is 3.56. The Kier molecular flexibility index (Phi) is 5.76. The molecule has 1 amide bonds. The molecule has 0 aliphatic carbocycles. The number of piperazine rings is 1. The van der Waals surface area contributed by atoms with Crippen molar-refractivity contribution in [3.8, 4) is 6.07 Å². The number of carbonyl (C=O) groups excluding carboxylic acids is 1. The van der Waals surface area contributed by atoms with Crippen LogP contribution in [0.2, 0.25) is 0 Å². The molecule has 0 atom stereocenters. The number of nitrogens with zero attached hydrogens (tertiary/aromatic N) is 4. The molecule has 0 unspecified atom stereocenters. The number of furan rings is 1. The molecule has 1 saturated heterocycles. The van der Waals surface area contributed by atoms with Crippen LogP contribution in [0.5, 0.6) is 0 Å². The van der Waals surface area contributed by atoms with Crippen molar-refractivity contribution in [2.45, 2.75) is 52.7 Å². The summed E-state index contributed by atoms with van der Waals surface area (Å²) in [5.74, 6) is 0.726. The molecule has 0 N–H and O–H groups in total. The predicted molar refractivity (Wildman–Crippen MR) is 117 cm³/mol. The maximum absolute atomic E-state index is 12.6. The van der Waals surface area contributed by atoms with Crippen molar-refractivity contribution in [1.82, 2.24) is 9.88 Å². The van der Waals surface area contributed by atoms with Crippen LogP contribution in [0.3, 0.4) is 0 Å². The molecular weight excluding hydrogens is 392 g/mol. The number of fused-ring (bicyclic) bond motifs is 1. The molecule has 4 rings (SSSR count). The first kappa shape index (κ1) is 21.4. The Hall–Kier alpha value is -2.85. The lowest BCUT2D eigenvalue weighted by Crippen LogP contribution is -2.49. The zero-order valence-electron chi connectivity index (χ0n) is 18.8. The fraction of sp³-hybridized carbons (Fsp3) is 0.542. The highest BCUT2D eigenvalue weighted by Crippen LogP contribution is 2.37. The summed E-state index contributed by atoms with van der Waals surface area (Å²) in [7, 11) is 0. The minimum absolute atomic E-state index is 0.0879. The van der Waals surface area contributed by atoms with Gasteiger partial charge in [0.15, 0.2) is 11.5 Å². The molecule has 0 saturated carbocycles. The van der Waals surface area contributed by atoms with Crippen LogP contribution in [0.4, 0.5) is 5.69 Å². The zero-order chi connectivity index (χ0) is 22.2. The van der Waals surface area contributed by atoms with Crippen molar-refractivity contribution in [2.75, 3.05) is 31.1 Å².